The zero-order valence-electron chi connectivity index (χ0n) is 11.9. The summed E-state index contributed by atoms with van der Waals surface area (Å²) in [4.78, 5) is 0. The molecule has 114 valence electrons. The molecule has 2 aromatic rings. The van der Waals surface area contributed by atoms with Crippen molar-refractivity contribution in [2.75, 3.05) is 0 Å². The summed E-state index contributed by atoms with van der Waals surface area (Å²) in [5, 5.41) is 14.4. The standard InChI is InChI=1S/C15H17F3N2O/c1-3-20-13(7-10(2)19-20)9-14(21)11-5-4-6-12(8-11)15(16,17)18/h4-8,14,21H,3,9H2,1-2H3. The Bertz CT molecular complexity index is 620. The van der Waals surface area contributed by atoms with Crippen LogP contribution in [0.4, 0.5) is 13.2 Å². The van der Waals surface area contributed by atoms with E-state index in [0.29, 0.717) is 6.54 Å². The average Bonchev–Trinajstić information content (AvgIpc) is 2.78. The highest BCUT2D eigenvalue weighted by atomic mass is 19.4. The fourth-order valence-corrected chi connectivity index (χ4v) is 2.28. The van der Waals surface area contributed by atoms with Gasteiger partial charge < -0.3 is 5.11 Å². The lowest BCUT2D eigenvalue weighted by molar-refractivity contribution is -0.137. The quantitative estimate of drug-likeness (QED) is 0.938. The fourth-order valence-electron chi connectivity index (χ4n) is 2.28. The van der Waals surface area contributed by atoms with E-state index in [1.807, 2.05) is 19.9 Å². The van der Waals surface area contributed by atoms with Crippen LogP contribution in [0.25, 0.3) is 0 Å². The number of nitrogens with zero attached hydrogens (tertiary/aromatic N) is 2. The molecule has 2 rings (SSSR count). The molecule has 0 aliphatic rings. The highest BCUT2D eigenvalue weighted by Crippen LogP contribution is 2.31. The van der Waals surface area contributed by atoms with E-state index in [0.717, 1.165) is 23.5 Å². The fraction of sp³-hybridized carbons (Fsp3) is 0.400. The summed E-state index contributed by atoms with van der Waals surface area (Å²) < 4.78 is 39.8. The minimum Gasteiger partial charge on any atom is -0.388 e. The van der Waals surface area contributed by atoms with Gasteiger partial charge in [0.25, 0.3) is 0 Å². The van der Waals surface area contributed by atoms with Crippen LogP contribution in [0, 0.1) is 6.92 Å². The number of aliphatic hydroxyl groups excluding tert-OH is 1. The predicted octanol–water partition coefficient (Wildman–Crippen LogP) is 3.51. The largest absolute Gasteiger partial charge is 0.416 e. The molecule has 6 heteroatoms. The number of hydrogen-bond acceptors (Lipinski definition) is 2. The van der Waals surface area contributed by atoms with Gasteiger partial charge in [-0.25, -0.2) is 0 Å². The van der Waals surface area contributed by atoms with E-state index in [-0.39, 0.29) is 12.0 Å². The van der Waals surface area contributed by atoms with Crippen molar-refractivity contribution >= 4 is 0 Å². The SMILES string of the molecule is CCn1nc(C)cc1CC(O)c1cccc(C(F)(F)F)c1. The van der Waals surface area contributed by atoms with Crippen LogP contribution in [0.1, 0.15) is 35.5 Å². The number of aliphatic hydroxyl groups is 1. The number of benzene rings is 1. The number of halogens is 3. The number of aromatic nitrogens is 2. The van der Waals surface area contributed by atoms with E-state index in [2.05, 4.69) is 5.10 Å². The van der Waals surface area contributed by atoms with Crippen molar-refractivity contribution < 1.29 is 18.3 Å². The molecular weight excluding hydrogens is 281 g/mol. The smallest absolute Gasteiger partial charge is 0.388 e. The summed E-state index contributed by atoms with van der Waals surface area (Å²) in [6.45, 7) is 4.41. The molecule has 0 radical (unpaired) electrons. The first-order valence-corrected chi connectivity index (χ1v) is 6.69. The van der Waals surface area contributed by atoms with E-state index in [1.54, 1.807) is 4.68 Å². The summed E-state index contributed by atoms with van der Waals surface area (Å²) in [6.07, 6.45) is -5.17. The van der Waals surface area contributed by atoms with Gasteiger partial charge in [-0.15, -0.1) is 0 Å². The second-order valence-electron chi connectivity index (χ2n) is 4.94. The van der Waals surface area contributed by atoms with Crippen LogP contribution in [0.5, 0.6) is 0 Å². The average molecular weight is 298 g/mol. The Morgan fingerprint density at radius 2 is 2.00 bits per heavy atom. The van der Waals surface area contributed by atoms with Gasteiger partial charge >= 0.3 is 6.18 Å². The van der Waals surface area contributed by atoms with Crippen LogP contribution < -0.4 is 0 Å². The Kier molecular flexibility index (Phi) is 4.37. The molecule has 1 aromatic heterocycles. The Balaban J connectivity index is 2.22. The van der Waals surface area contributed by atoms with Crippen LogP contribution in [0.2, 0.25) is 0 Å². The first kappa shape index (κ1) is 15.6. The lowest BCUT2D eigenvalue weighted by atomic mass is 10.0. The highest BCUT2D eigenvalue weighted by molar-refractivity contribution is 5.28. The van der Waals surface area contributed by atoms with Crippen molar-refractivity contribution in [3.8, 4) is 0 Å². The molecule has 3 nitrogen and oxygen atoms in total. The lowest BCUT2D eigenvalue weighted by Crippen LogP contribution is -2.10. The molecule has 1 aromatic carbocycles. The summed E-state index contributed by atoms with van der Waals surface area (Å²) >= 11 is 0. The maximum Gasteiger partial charge on any atom is 0.416 e. The zero-order valence-corrected chi connectivity index (χ0v) is 11.9. The van der Waals surface area contributed by atoms with Gasteiger partial charge in [0.05, 0.1) is 17.4 Å². The Morgan fingerprint density at radius 1 is 1.29 bits per heavy atom. The minimum atomic E-state index is -4.41. The number of hydrogen-bond donors (Lipinski definition) is 1. The first-order chi connectivity index (χ1) is 9.81. The maximum atomic E-state index is 12.7. The molecule has 1 N–H and O–H groups in total. The van der Waals surface area contributed by atoms with Gasteiger partial charge in [-0.2, -0.15) is 18.3 Å². The number of alkyl halides is 3. The molecule has 0 amide bonds. The van der Waals surface area contributed by atoms with Gasteiger partial charge in [-0.3, -0.25) is 4.68 Å². The van der Waals surface area contributed by atoms with Gasteiger partial charge in [-0.05, 0) is 37.6 Å². The molecule has 1 heterocycles. The van der Waals surface area contributed by atoms with Gasteiger partial charge in [-0.1, -0.05) is 12.1 Å². The summed E-state index contributed by atoms with van der Waals surface area (Å²) in [5.74, 6) is 0. The monoisotopic (exact) mass is 298 g/mol. The van der Waals surface area contributed by atoms with Crippen LogP contribution in [-0.4, -0.2) is 14.9 Å². The zero-order chi connectivity index (χ0) is 15.6. The molecule has 0 saturated heterocycles. The van der Waals surface area contributed by atoms with Crippen LogP contribution in [0.15, 0.2) is 30.3 Å². The molecule has 21 heavy (non-hydrogen) atoms. The number of rotatable bonds is 4. The molecule has 1 unspecified atom stereocenters. The lowest BCUT2D eigenvalue weighted by Gasteiger charge is -2.14. The maximum absolute atomic E-state index is 12.7. The third-order valence-electron chi connectivity index (χ3n) is 3.29. The van der Waals surface area contributed by atoms with Crippen molar-refractivity contribution in [3.05, 3.63) is 52.8 Å². The molecule has 0 spiro atoms. The van der Waals surface area contributed by atoms with E-state index in [4.69, 9.17) is 0 Å². The molecule has 0 saturated carbocycles. The Hall–Kier alpha value is -1.82. The predicted molar refractivity (Wildman–Crippen MR) is 72.7 cm³/mol. The normalized spacial score (nSPS) is 13.4. The third kappa shape index (κ3) is 3.64. The van der Waals surface area contributed by atoms with Gasteiger partial charge in [0.2, 0.25) is 0 Å². The van der Waals surface area contributed by atoms with Crippen LogP contribution >= 0.6 is 0 Å². The van der Waals surface area contributed by atoms with Crippen LogP contribution in [0.3, 0.4) is 0 Å². The van der Waals surface area contributed by atoms with Gasteiger partial charge in [0.15, 0.2) is 0 Å². The van der Waals surface area contributed by atoms with Crippen molar-refractivity contribution in [3.63, 3.8) is 0 Å². The molecular formula is C15H17F3N2O. The summed E-state index contributed by atoms with van der Waals surface area (Å²) in [7, 11) is 0. The van der Waals surface area contributed by atoms with E-state index < -0.39 is 17.8 Å². The third-order valence-corrected chi connectivity index (χ3v) is 3.29. The van der Waals surface area contributed by atoms with Gasteiger partial charge in [0, 0.05) is 18.7 Å². The topological polar surface area (TPSA) is 38.0 Å². The van der Waals surface area contributed by atoms with Crippen molar-refractivity contribution in [2.45, 2.75) is 39.1 Å². The molecule has 0 aliphatic heterocycles. The minimum absolute atomic E-state index is 0.232. The molecule has 0 aliphatic carbocycles. The molecule has 0 bridgehead atoms. The van der Waals surface area contributed by atoms with Crippen molar-refractivity contribution in [1.82, 2.24) is 9.78 Å². The van der Waals surface area contributed by atoms with Crippen molar-refractivity contribution in [1.29, 1.82) is 0 Å². The first-order valence-electron chi connectivity index (χ1n) is 6.69. The van der Waals surface area contributed by atoms with Crippen LogP contribution in [-0.2, 0) is 19.1 Å². The Morgan fingerprint density at radius 3 is 2.62 bits per heavy atom. The van der Waals surface area contributed by atoms with Crippen molar-refractivity contribution in [2.24, 2.45) is 0 Å². The van der Waals surface area contributed by atoms with E-state index in [9.17, 15) is 18.3 Å². The summed E-state index contributed by atoms with van der Waals surface area (Å²) in [5.41, 5.74) is 1.13. The van der Waals surface area contributed by atoms with E-state index in [1.165, 1.54) is 12.1 Å². The second kappa shape index (κ2) is 5.89. The Labute approximate surface area is 121 Å². The second-order valence-corrected chi connectivity index (χ2v) is 4.94. The van der Waals surface area contributed by atoms with Gasteiger partial charge in [0.1, 0.15) is 0 Å². The highest BCUT2D eigenvalue weighted by Gasteiger charge is 2.30. The van der Waals surface area contributed by atoms with E-state index >= 15 is 0 Å². The molecule has 0 fully saturated rings. The summed E-state index contributed by atoms with van der Waals surface area (Å²) in [6, 6.07) is 6.63. The number of aryl methyl sites for hydroxylation is 2. The molecule has 1 atom stereocenters.